The number of pyridine rings is 1. The molecule has 8 heteroatoms. The molecule has 1 aromatic heterocycles. The van der Waals surface area contributed by atoms with Crippen molar-refractivity contribution in [2.45, 2.75) is 37.0 Å². The minimum absolute atomic E-state index is 0.00484. The average molecular weight is 340 g/mol. The Kier molecular flexibility index (Phi) is 5.03. The molecular weight excluding hydrogens is 320 g/mol. The lowest BCUT2D eigenvalue weighted by molar-refractivity contribution is 0.0685. The SMILES string of the molecule is CN(C(=O)c1cccc(C(=O)O)n1)[C@H]1CCCC[C@@H]1S(C)(=O)=O. The molecule has 23 heavy (non-hydrogen) atoms. The Morgan fingerprint density at radius 2 is 1.83 bits per heavy atom. The van der Waals surface area contributed by atoms with Crippen molar-refractivity contribution in [3.63, 3.8) is 0 Å². The number of nitrogens with zero attached hydrogens (tertiary/aromatic N) is 2. The largest absolute Gasteiger partial charge is 0.477 e. The summed E-state index contributed by atoms with van der Waals surface area (Å²) in [7, 11) is -1.72. The van der Waals surface area contributed by atoms with Crippen LogP contribution in [0, 0.1) is 0 Å². The zero-order chi connectivity index (χ0) is 17.2. The average Bonchev–Trinajstić information content (AvgIpc) is 2.52. The van der Waals surface area contributed by atoms with Crippen LogP contribution in [0.15, 0.2) is 18.2 Å². The van der Waals surface area contributed by atoms with E-state index in [9.17, 15) is 18.0 Å². The van der Waals surface area contributed by atoms with Gasteiger partial charge in [-0.3, -0.25) is 4.79 Å². The van der Waals surface area contributed by atoms with Gasteiger partial charge >= 0.3 is 5.97 Å². The normalized spacial score (nSPS) is 21.7. The monoisotopic (exact) mass is 340 g/mol. The van der Waals surface area contributed by atoms with Crippen LogP contribution in [0.5, 0.6) is 0 Å². The fourth-order valence-electron chi connectivity index (χ4n) is 3.02. The molecule has 2 rings (SSSR count). The van der Waals surface area contributed by atoms with Crippen LogP contribution in [0.25, 0.3) is 0 Å². The Morgan fingerprint density at radius 1 is 1.22 bits per heavy atom. The Morgan fingerprint density at radius 3 is 2.43 bits per heavy atom. The Labute approximate surface area is 135 Å². The molecule has 1 saturated carbocycles. The molecule has 1 aromatic rings. The maximum Gasteiger partial charge on any atom is 0.354 e. The summed E-state index contributed by atoms with van der Waals surface area (Å²) < 4.78 is 23.9. The summed E-state index contributed by atoms with van der Waals surface area (Å²) in [6, 6.07) is 3.77. The van der Waals surface area contributed by atoms with Crippen LogP contribution in [-0.4, -0.2) is 59.9 Å². The van der Waals surface area contributed by atoms with Crippen LogP contribution in [0.4, 0.5) is 0 Å². The molecule has 0 spiro atoms. The maximum atomic E-state index is 12.6. The van der Waals surface area contributed by atoms with E-state index in [1.54, 1.807) is 7.05 Å². The number of hydrogen-bond donors (Lipinski definition) is 1. The summed E-state index contributed by atoms with van der Waals surface area (Å²) in [4.78, 5) is 28.8. The van der Waals surface area contributed by atoms with Crippen LogP contribution < -0.4 is 0 Å². The molecule has 1 aliphatic rings. The zero-order valence-electron chi connectivity index (χ0n) is 13.1. The number of carbonyl (C=O) groups is 2. The Hall–Kier alpha value is -1.96. The van der Waals surface area contributed by atoms with Gasteiger partial charge in [0.25, 0.3) is 5.91 Å². The minimum atomic E-state index is -3.27. The molecule has 0 aromatic carbocycles. The van der Waals surface area contributed by atoms with E-state index in [-0.39, 0.29) is 11.4 Å². The van der Waals surface area contributed by atoms with Crippen LogP contribution in [0.3, 0.4) is 0 Å². The first-order chi connectivity index (χ1) is 10.7. The van der Waals surface area contributed by atoms with E-state index in [1.165, 1.54) is 29.4 Å². The molecule has 0 radical (unpaired) electrons. The molecule has 0 saturated heterocycles. The van der Waals surface area contributed by atoms with Crippen molar-refractivity contribution >= 4 is 21.7 Å². The van der Waals surface area contributed by atoms with Crippen LogP contribution in [0.2, 0.25) is 0 Å². The first-order valence-corrected chi connectivity index (χ1v) is 9.33. The van der Waals surface area contributed by atoms with Crippen LogP contribution in [-0.2, 0) is 9.84 Å². The maximum absolute atomic E-state index is 12.6. The highest BCUT2D eigenvalue weighted by atomic mass is 32.2. The van der Waals surface area contributed by atoms with Gasteiger partial charge in [0.1, 0.15) is 11.4 Å². The topological polar surface area (TPSA) is 105 Å². The predicted molar refractivity (Wildman–Crippen MR) is 84.2 cm³/mol. The molecule has 126 valence electrons. The first kappa shape index (κ1) is 17.4. The fourth-order valence-corrected chi connectivity index (χ4v) is 4.51. The molecule has 1 fully saturated rings. The quantitative estimate of drug-likeness (QED) is 0.883. The number of amides is 1. The highest BCUT2D eigenvalue weighted by Crippen LogP contribution is 2.28. The van der Waals surface area contributed by atoms with Gasteiger partial charge in [0, 0.05) is 19.3 Å². The van der Waals surface area contributed by atoms with E-state index < -0.39 is 33.0 Å². The van der Waals surface area contributed by atoms with E-state index in [2.05, 4.69) is 4.98 Å². The van der Waals surface area contributed by atoms with E-state index >= 15 is 0 Å². The third-order valence-electron chi connectivity index (χ3n) is 4.22. The van der Waals surface area contributed by atoms with Crippen LogP contribution in [0.1, 0.15) is 46.7 Å². The number of sulfone groups is 1. The second-order valence-corrected chi connectivity index (χ2v) is 8.11. The first-order valence-electron chi connectivity index (χ1n) is 7.38. The van der Waals surface area contributed by atoms with Gasteiger partial charge in [-0.2, -0.15) is 0 Å². The van der Waals surface area contributed by atoms with Gasteiger partial charge in [-0.25, -0.2) is 18.2 Å². The van der Waals surface area contributed by atoms with E-state index in [0.29, 0.717) is 12.8 Å². The summed E-state index contributed by atoms with van der Waals surface area (Å²) in [5.74, 6) is -1.68. The molecule has 1 amide bonds. The smallest absolute Gasteiger partial charge is 0.354 e. The number of aromatic nitrogens is 1. The van der Waals surface area contributed by atoms with Gasteiger partial charge in [0.05, 0.1) is 5.25 Å². The summed E-state index contributed by atoms with van der Waals surface area (Å²) in [5, 5.41) is 8.37. The van der Waals surface area contributed by atoms with Crippen molar-refractivity contribution < 1.29 is 23.1 Å². The van der Waals surface area contributed by atoms with Crippen molar-refractivity contribution in [3.05, 3.63) is 29.6 Å². The molecule has 0 bridgehead atoms. The highest BCUT2D eigenvalue weighted by molar-refractivity contribution is 7.91. The van der Waals surface area contributed by atoms with Crippen molar-refractivity contribution in [2.75, 3.05) is 13.3 Å². The molecule has 0 unspecified atom stereocenters. The van der Waals surface area contributed by atoms with E-state index in [0.717, 1.165) is 12.8 Å². The number of hydrogen-bond acceptors (Lipinski definition) is 5. The third-order valence-corrected chi connectivity index (χ3v) is 5.87. The number of aromatic carboxylic acids is 1. The predicted octanol–water partition coefficient (Wildman–Crippen LogP) is 1.21. The van der Waals surface area contributed by atoms with Gasteiger partial charge in [-0.1, -0.05) is 18.9 Å². The van der Waals surface area contributed by atoms with Gasteiger partial charge in [-0.15, -0.1) is 0 Å². The second-order valence-electron chi connectivity index (χ2n) is 5.85. The number of carboxylic acid groups (broad SMARTS) is 1. The number of carboxylic acids is 1. The fraction of sp³-hybridized carbons (Fsp3) is 0.533. The van der Waals surface area contributed by atoms with E-state index in [4.69, 9.17) is 5.11 Å². The van der Waals surface area contributed by atoms with Gasteiger partial charge in [-0.05, 0) is 25.0 Å². The lowest BCUT2D eigenvalue weighted by Gasteiger charge is -2.36. The molecule has 1 N–H and O–H groups in total. The molecular formula is C15H20N2O5S. The van der Waals surface area contributed by atoms with Crippen LogP contribution >= 0.6 is 0 Å². The third kappa shape index (κ3) is 3.87. The molecule has 1 aliphatic carbocycles. The molecule has 2 atom stereocenters. The van der Waals surface area contributed by atoms with Gasteiger partial charge in [0.15, 0.2) is 9.84 Å². The van der Waals surface area contributed by atoms with E-state index in [1.807, 2.05) is 0 Å². The summed E-state index contributed by atoms with van der Waals surface area (Å²) >= 11 is 0. The lowest BCUT2D eigenvalue weighted by Crippen LogP contribution is -2.49. The summed E-state index contributed by atoms with van der Waals surface area (Å²) in [6.07, 6.45) is 4.01. The molecule has 0 aliphatic heterocycles. The minimum Gasteiger partial charge on any atom is -0.477 e. The Balaban J connectivity index is 2.27. The van der Waals surface area contributed by atoms with Crippen molar-refractivity contribution in [1.29, 1.82) is 0 Å². The number of carbonyl (C=O) groups excluding carboxylic acids is 1. The van der Waals surface area contributed by atoms with Gasteiger partial charge < -0.3 is 10.0 Å². The molecule has 7 nitrogen and oxygen atoms in total. The second kappa shape index (κ2) is 6.66. The van der Waals surface area contributed by atoms with Crippen molar-refractivity contribution in [3.8, 4) is 0 Å². The number of rotatable bonds is 4. The Bertz CT molecular complexity index is 716. The summed E-state index contributed by atoms with van der Waals surface area (Å²) in [6.45, 7) is 0. The van der Waals surface area contributed by atoms with Crippen molar-refractivity contribution in [1.82, 2.24) is 9.88 Å². The lowest BCUT2D eigenvalue weighted by atomic mass is 9.93. The van der Waals surface area contributed by atoms with Gasteiger partial charge in [0.2, 0.25) is 0 Å². The summed E-state index contributed by atoms with van der Waals surface area (Å²) in [5.41, 5.74) is -0.210. The molecule has 1 heterocycles. The highest BCUT2D eigenvalue weighted by Gasteiger charge is 2.37. The zero-order valence-corrected chi connectivity index (χ0v) is 13.9. The van der Waals surface area contributed by atoms with Crippen molar-refractivity contribution in [2.24, 2.45) is 0 Å². The standard InChI is InChI=1S/C15H20N2O5S/c1-17(12-8-3-4-9-13(12)23(2,21)22)14(18)10-6-5-7-11(16-10)15(19)20/h5-7,12-13H,3-4,8-9H2,1-2H3,(H,19,20)/t12-,13-/m0/s1.